The predicted octanol–water partition coefficient (Wildman–Crippen LogP) is -1.19. The molecular formula is C8H10O4. The number of epoxide rings is 2. The van der Waals surface area contributed by atoms with Gasteiger partial charge in [0.05, 0.1) is 0 Å². The highest BCUT2D eigenvalue weighted by Gasteiger charge is 2.55. The van der Waals surface area contributed by atoms with E-state index in [9.17, 15) is 10.2 Å². The zero-order valence-electron chi connectivity index (χ0n) is 6.33. The van der Waals surface area contributed by atoms with Gasteiger partial charge in [0, 0.05) is 0 Å². The van der Waals surface area contributed by atoms with E-state index in [1.165, 1.54) is 0 Å². The van der Waals surface area contributed by atoms with Crippen molar-refractivity contribution < 1.29 is 19.7 Å². The number of ether oxygens (including phenoxy) is 2. The number of aliphatic hydroxyl groups is 2. The Kier molecular flexibility index (Phi) is 1.22. The van der Waals surface area contributed by atoms with Crippen LogP contribution in [0.1, 0.15) is 0 Å². The van der Waals surface area contributed by atoms with Crippen molar-refractivity contribution in [1.82, 2.24) is 0 Å². The minimum Gasteiger partial charge on any atom is -0.387 e. The van der Waals surface area contributed by atoms with E-state index in [0.717, 1.165) is 0 Å². The molecule has 12 heavy (non-hydrogen) atoms. The lowest BCUT2D eigenvalue weighted by Crippen LogP contribution is -2.37. The van der Waals surface area contributed by atoms with E-state index in [1.54, 1.807) is 0 Å². The van der Waals surface area contributed by atoms with Gasteiger partial charge in [-0.05, 0) is 0 Å². The van der Waals surface area contributed by atoms with Gasteiger partial charge in [-0.1, -0.05) is 12.2 Å². The molecule has 6 atom stereocenters. The first-order valence-electron chi connectivity index (χ1n) is 4.13. The molecule has 3 rings (SSSR count). The van der Waals surface area contributed by atoms with Crippen LogP contribution in [0.3, 0.4) is 0 Å². The van der Waals surface area contributed by atoms with Crippen LogP contribution in [0.4, 0.5) is 0 Å². The van der Waals surface area contributed by atoms with E-state index < -0.39 is 12.2 Å². The van der Waals surface area contributed by atoms with Crippen molar-refractivity contribution in [2.24, 2.45) is 0 Å². The first kappa shape index (κ1) is 7.03. The molecule has 66 valence electrons. The van der Waals surface area contributed by atoms with E-state index >= 15 is 0 Å². The lowest BCUT2D eigenvalue weighted by Gasteiger charge is -2.13. The molecular weight excluding hydrogens is 160 g/mol. The van der Waals surface area contributed by atoms with Crippen LogP contribution in [-0.4, -0.2) is 46.8 Å². The van der Waals surface area contributed by atoms with E-state index in [2.05, 4.69) is 0 Å². The minimum atomic E-state index is -0.796. The quantitative estimate of drug-likeness (QED) is 0.354. The molecule has 0 aromatic rings. The van der Waals surface area contributed by atoms with Crippen LogP contribution < -0.4 is 0 Å². The third-order valence-electron chi connectivity index (χ3n) is 2.64. The van der Waals surface area contributed by atoms with Gasteiger partial charge < -0.3 is 19.7 Å². The maximum atomic E-state index is 9.50. The van der Waals surface area contributed by atoms with Crippen LogP contribution >= 0.6 is 0 Å². The van der Waals surface area contributed by atoms with Crippen molar-refractivity contribution in [3.05, 3.63) is 12.2 Å². The average molecular weight is 170 g/mol. The molecule has 0 saturated carbocycles. The van der Waals surface area contributed by atoms with E-state index in [1.807, 2.05) is 12.2 Å². The van der Waals surface area contributed by atoms with E-state index in [-0.39, 0.29) is 24.4 Å². The maximum Gasteiger partial charge on any atom is 0.117 e. The standard InChI is InChI=1S/C8H10O4/c9-5-6(10)8-4(12-8)2-1-3-7(5)11-3/h1-10H/t3-,4+,5-,6+,7-,8+. The molecule has 4 heteroatoms. The van der Waals surface area contributed by atoms with Crippen LogP contribution in [0.2, 0.25) is 0 Å². The Hall–Kier alpha value is -0.420. The molecule has 3 aliphatic rings. The Morgan fingerprint density at radius 1 is 0.833 bits per heavy atom. The van der Waals surface area contributed by atoms with E-state index in [0.29, 0.717) is 0 Å². The molecule has 2 heterocycles. The second-order valence-corrected chi connectivity index (χ2v) is 3.50. The Morgan fingerprint density at radius 2 is 1.25 bits per heavy atom. The molecule has 0 bridgehead atoms. The molecule has 0 spiro atoms. The SMILES string of the molecule is O[C@@H]1[C@H](O)[C@H]2O[C@H]2C=C[C@H]2O[C@@H]12. The third-order valence-corrected chi connectivity index (χ3v) is 2.64. The fraction of sp³-hybridized carbons (Fsp3) is 0.750. The summed E-state index contributed by atoms with van der Waals surface area (Å²) in [7, 11) is 0. The molecule has 2 N–H and O–H groups in total. The zero-order valence-corrected chi connectivity index (χ0v) is 6.33. The van der Waals surface area contributed by atoms with Gasteiger partial charge in [-0.3, -0.25) is 0 Å². The van der Waals surface area contributed by atoms with Crippen LogP contribution in [0.25, 0.3) is 0 Å². The summed E-state index contributed by atoms with van der Waals surface area (Å²) in [6, 6.07) is 0. The largest absolute Gasteiger partial charge is 0.387 e. The highest BCUT2D eigenvalue weighted by atomic mass is 16.6. The van der Waals surface area contributed by atoms with Crippen molar-refractivity contribution in [2.45, 2.75) is 36.6 Å². The number of hydrogen-bond acceptors (Lipinski definition) is 4. The van der Waals surface area contributed by atoms with Crippen molar-refractivity contribution in [2.75, 3.05) is 0 Å². The molecule has 2 saturated heterocycles. The zero-order chi connectivity index (χ0) is 8.29. The summed E-state index contributed by atoms with van der Waals surface area (Å²) in [4.78, 5) is 0. The molecule has 0 aromatic heterocycles. The number of hydrogen-bond donors (Lipinski definition) is 2. The molecule has 0 unspecified atom stereocenters. The van der Waals surface area contributed by atoms with Gasteiger partial charge in [0.15, 0.2) is 0 Å². The summed E-state index contributed by atoms with van der Waals surface area (Å²) in [5.74, 6) is 0. The Balaban J connectivity index is 1.86. The fourth-order valence-electron chi connectivity index (χ4n) is 1.74. The summed E-state index contributed by atoms with van der Waals surface area (Å²) in [5.41, 5.74) is 0. The van der Waals surface area contributed by atoms with Gasteiger partial charge in [-0.2, -0.15) is 0 Å². The first-order chi connectivity index (χ1) is 5.77. The monoisotopic (exact) mass is 170 g/mol. The molecule has 2 aliphatic heterocycles. The smallest absolute Gasteiger partial charge is 0.117 e. The maximum absolute atomic E-state index is 9.50. The number of fused-ring (bicyclic) bond motifs is 2. The minimum absolute atomic E-state index is 0.0141. The van der Waals surface area contributed by atoms with Crippen molar-refractivity contribution in [1.29, 1.82) is 0 Å². The lowest BCUT2D eigenvalue weighted by molar-refractivity contribution is -0.0117. The second kappa shape index (κ2) is 2.09. The van der Waals surface area contributed by atoms with Crippen LogP contribution in [0.5, 0.6) is 0 Å². The summed E-state index contributed by atoms with van der Waals surface area (Å²) in [6.45, 7) is 0. The third kappa shape index (κ3) is 0.863. The normalized spacial score (nSPS) is 61.2. The second-order valence-electron chi connectivity index (χ2n) is 3.50. The van der Waals surface area contributed by atoms with E-state index in [4.69, 9.17) is 9.47 Å². The van der Waals surface area contributed by atoms with Crippen molar-refractivity contribution >= 4 is 0 Å². The van der Waals surface area contributed by atoms with Gasteiger partial charge in [0.2, 0.25) is 0 Å². The summed E-state index contributed by atoms with van der Waals surface area (Å²) in [5, 5.41) is 19.0. The van der Waals surface area contributed by atoms with Gasteiger partial charge in [-0.15, -0.1) is 0 Å². The van der Waals surface area contributed by atoms with Gasteiger partial charge >= 0.3 is 0 Å². The van der Waals surface area contributed by atoms with Crippen LogP contribution in [0, 0.1) is 0 Å². The highest BCUT2D eigenvalue weighted by Crippen LogP contribution is 2.38. The van der Waals surface area contributed by atoms with Crippen molar-refractivity contribution in [3.8, 4) is 0 Å². The summed E-state index contributed by atoms with van der Waals surface area (Å²) in [6.07, 6.45) is 1.72. The topological polar surface area (TPSA) is 65.5 Å². The average Bonchev–Trinajstić information content (AvgIpc) is 2.92. The highest BCUT2D eigenvalue weighted by molar-refractivity contribution is 5.17. The van der Waals surface area contributed by atoms with Gasteiger partial charge in [-0.25, -0.2) is 0 Å². The van der Waals surface area contributed by atoms with Crippen LogP contribution in [-0.2, 0) is 9.47 Å². The number of aliphatic hydroxyl groups excluding tert-OH is 2. The molecule has 0 aromatic carbocycles. The molecule has 0 radical (unpaired) electrons. The predicted molar refractivity (Wildman–Crippen MR) is 38.5 cm³/mol. The lowest BCUT2D eigenvalue weighted by atomic mass is 10.0. The Labute approximate surface area is 69.4 Å². The fourth-order valence-corrected chi connectivity index (χ4v) is 1.74. The Bertz CT molecular complexity index is 215. The van der Waals surface area contributed by atoms with Crippen molar-refractivity contribution in [3.63, 3.8) is 0 Å². The number of rotatable bonds is 0. The molecule has 4 nitrogen and oxygen atoms in total. The Morgan fingerprint density at radius 3 is 1.67 bits per heavy atom. The first-order valence-corrected chi connectivity index (χ1v) is 4.13. The summed E-state index contributed by atoms with van der Waals surface area (Å²) < 4.78 is 10.3. The molecule has 1 aliphatic carbocycles. The summed E-state index contributed by atoms with van der Waals surface area (Å²) >= 11 is 0. The molecule has 2 fully saturated rings. The van der Waals surface area contributed by atoms with Crippen LogP contribution in [0.15, 0.2) is 12.2 Å². The molecule has 0 amide bonds. The van der Waals surface area contributed by atoms with Gasteiger partial charge in [0.1, 0.15) is 36.6 Å². The van der Waals surface area contributed by atoms with Gasteiger partial charge in [0.25, 0.3) is 0 Å².